The molecule has 0 aromatic carbocycles. The zero-order valence-corrected chi connectivity index (χ0v) is 29.9. The first-order valence-electron chi connectivity index (χ1n) is 18.2. The number of carboxylic acid groups (broad SMARTS) is 1. The van der Waals surface area contributed by atoms with E-state index in [1.165, 1.54) is 33.4 Å². The van der Waals surface area contributed by atoms with Crippen molar-refractivity contribution in [1.82, 2.24) is 30.2 Å². The van der Waals surface area contributed by atoms with Crippen LogP contribution in [0.1, 0.15) is 78.1 Å². The Kier molecular flexibility index (Phi) is 13.8. The molecule has 4 heterocycles. The van der Waals surface area contributed by atoms with Crippen LogP contribution >= 0.6 is 0 Å². The first-order valence-corrected chi connectivity index (χ1v) is 18.2. The maximum Gasteiger partial charge on any atom is 0.326 e. The first-order chi connectivity index (χ1) is 24.6. The quantitative estimate of drug-likeness (QED) is 0.0527. The Bertz CT molecular complexity index is 1410. The number of nitrogens with two attached hydrogens (primary N) is 3. The number of nitrogens with zero attached hydrogens (tertiary/aromatic N) is 5. The number of guanidine groups is 1. The van der Waals surface area contributed by atoms with Crippen molar-refractivity contribution >= 4 is 47.4 Å². The highest BCUT2D eigenvalue weighted by molar-refractivity contribution is 5.97. The zero-order chi connectivity index (χ0) is 38.3. The number of carbonyl (C=O) groups excluding carboxylic acids is 6. The minimum atomic E-state index is -1.19. The van der Waals surface area contributed by atoms with Crippen LogP contribution < -0.4 is 27.8 Å². The summed E-state index contributed by atoms with van der Waals surface area (Å²) < 4.78 is 0. The van der Waals surface area contributed by atoms with Gasteiger partial charge in [0.05, 0.1) is 6.10 Å². The van der Waals surface area contributed by atoms with Crippen molar-refractivity contribution in [2.24, 2.45) is 22.2 Å². The average Bonchev–Trinajstić information content (AvgIpc) is 3.94. The summed E-state index contributed by atoms with van der Waals surface area (Å²) in [6, 6.07) is -6.94. The number of amides is 6. The van der Waals surface area contributed by atoms with Gasteiger partial charge < -0.3 is 57.6 Å². The van der Waals surface area contributed by atoms with Gasteiger partial charge in [0.2, 0.25) is 35.4 Å². The molecule has 0 bridgehead atoms. The van der Waals surface area contributed by atoms with E-state index in [1.54, 1.807) is 0 Å². The van der Waals surface area contributed by atoms with Crippen LogP contribution in [0.3, 0.4) is 0 Å². The van der Waals surface area contributed by atoms with Gasteiger partial charge in [-0.25, -0.2) is 4.79 Å². The molecule has 0 radical (unpaired) electrons. The Morgan fingerprint density at radius 2 is 1.19 bits per heavy atom. The van der Waals surface area contributed by atoms with Crippen LogP contribution in [0.25, 0.3) is 0 Å². The van der Waals surface area contributed by atoms with E-state index in [0.29, 0.717) is 57.8 Å². The number of hydrogen-bond donors (Lipinski definition) is 7. The van der Waals surface area contributed by atoms with Crippen LogP contribution in [-0.4, -0.2) is 158 Å². The van der Waals surface area contributed by atoms with E-state index in [-0.39, 0.29) is 45.1 Å². The largest absolute Gasteiger partial charge is 0.480 e. The van der Waals surface area contributed by atoms with Crippen molar-refractivity contribution in [1.29, 1.82) is 0 Å². The third-order valence-corrected chi connectivity index (χ3v) is 10.4. The summed E-state index contributed by atoms with van der Waals surface area (Å²) in [5.41, 5.74) is 16.7. The minimum absolute atomic E-state index is 0.128. The molecule has 19 nitrogen and oxygen atoms in total. The molecule has 8 unspecified atom stereocenters. The van der Waals surface area contributed by atoms with Crippen molar-refractivity contribution in [3.8, 4) is 0 Å². The molecule has 0 spiro atoms. The molecule has 4 fully saturated rings. The number of likely N-dealkylation sites (tertiary alicyclic amines) is 4. The molecular formula is C33H54N10O9. The number of aliphatic hydroxyl groups excluding tert-OH is 1. The monoisotopic (exact) mass is 734 g/mol. The smallest absolute Gasteiger partial charge is 0.326 e. The van der Waals surface area contributed by atoms with E-state index in [4.69, 9.17) is 17.2 Å². The Labute approximate surface area is 302 Å². The summed E-state index contributed by atoms with van der Waals surface area (Å²) in [4.78, 5) is 102. The third kappa shape index (κ3) is 9.28. The van der Waals surface area contributed by atoms with E-state index in [2.05, 4.69) is 15.6 Å². The second kappa shape index (κ2) is 17.8. The van der Waals surface area contributed by atoms with E-state index in [9.17, 15) is 43.8 Å². The molecule has 0 aromatic heterocycles. The van der Waals surface area contributed by atoms with Crippen LogP contribution in [0.4, 0.5) is 0 Å². The van der Waals surface area contributed by atoms with Crippen molar-refractivity contribution in [2.75, 3.05) is 32.7 Å². The summed E-state index contributed by atoms with van der Waals surface area (Å²) in [6.45, 7) is 4.12. The lowest BCUT2D eigenvalue weighted by molar-refractivity contribution is -0.152. The van der Waals surface area contributed by atoms with Crippen molar-refractivity contribution in [3.05, 3.63) is 0 Å². The molecule has 19 heteroatoms. The first kappa shape index (κ1) is 40.3. The van der Waals surface area contributed by atoms with Gasteiger partial charge in [0, 0.05) is 32.7 Å². The molecule has 4 rings (SSSR count). The van der Waals surface area contributed by atoms with Crippen molar-refractivity contribution < 1.29 is 43.8 Å². The van der Waals surface area contributed by atoms with E-state index < -0.39 is 89.8 Å². The molecule has 0 aromatic rings. The number of carboxylic acids is 1. The summed E-state index contributed by atoms with van der Waals surface area (Å²) >= 11 is 0. The Morgan fingerprint density at radius 1 is 0.712 bits per heavy atom. The van der Waals surface area contributed by atoms with Gasteiger partial charge in [-0.15, -0.1) is 0 Å². The van der Waals surface area contributed by atoms with Gasteiger partial charge in [0.25, 0.3) is 0 Å². The van der Waals surface area contributed by atoms with Crippen LogP contribution in [-0.2, 0) is 33.6 Å². The van der Waals surface area contributed by atoms with E-state index in [0.717, 1.165) is 0 Å². The van der Waals surface area contributed by atoms with Crippen LogP contribution in [0, 0.1) is 0 Å². The SMILES string of the molecule is CC(NC(=O)C1CCCN1C(=O)C(N)C(C)O)C(=O)N1CCCC1C(=O)NC(CCCN=C(N)N)C(=O)N1CCCC1C(=O)N1CCCC1C(=O)O. The zero-order valence-electron chi connectivity index (χ0n) is 29.9. The Morgan fingerprint density at radius 3 is 1.73 bits per heavy atom. The molecule has 290 valence electrons. The highest BCUT2D eigenvalue weighted by Crippen LogP contribution is 2.27. The lowest BCUT2D eigenvalue weighted by Crippen LogP contribution is -2.59. The lowest BCUT2D eigenvalue weighted by atomic mass is 10.1. The van der Waals surface area contributed by atoms with E-state index in [1.807, 2.05) is 0 Å². The fourth-order valence-corrected chi connectivity index (χ4v) is 7.62. The number of aliphatic carboxylic acids is 1. The molecule has 8 atom stereocenters. The Hall–Kier alpha value is -4.52. The number of nitrogens with one attached hydrogen (secondary N) is 2. The number of aliphatic imine (C=N–C) groups is 1. The predicted octanol–water partition coefficient (Wildman–Crippen LogP) is -3.21. The summed E-state index contributed by atoms with van der Waals surface area (Å²) in [7, 11) is 0. The minimum Gasteiger partial charge on any atom is -0.480 e. The molecule has 10 N–H and O–H groups in total. The molecular weight excluding hydrogens is 680 g/mol. The summed E-state index contributed by atoms with van der Waals surface area (Å²) in [5.74, 6) is -4.34. The topological polar surface area (TPSA) is 287 Å². The van der Waals surface area contributed by atoms with Gasteiger partial charge in [0.1, 0.15) is 42.3 Å². The third-order valence-electron chi connectivity index (χ3n) is 10.4. The molecule has 0 aliphatic carbocycles. The van der Waals surface area contributed by atoms with Gasteiger partial charge in [-0.05, 0) is 78.1 Å². The molecule has 6 amide bonds. The van der Waals surface area contributed by atoms with Gasteiger partial charge >= 0.3 is 5.97 Å². The highest BCUT2D eigenvalue weighted by Gasteiger charge is 2.45. The van der Waals surface area contributed by atoms with Crippen LogP contribution in [0.15, 0.2) is 4.99 Å². The second-order valence-corrected chi connectivity index (χ2v) is 14.1. The fourth-order valence-electron chi connectivity index (χ4n) is 7.62. The predicted molar refractivity (Wildman–Crippen MR) is 186 cm³/mol. The molecule has 52 heavy (non-hydrogen) atoms. The van der Waals surface area contributed by atoms with Gasteiger partial charge in [0.15, 0.2) is 5.96 Å². The fraction of sp³-hybridized carbons (Fsp3) is 0.758. The maximum atomic E-state index is 14.1. The van der Waals surface area contributed by atoms with Gasteiger partial charge in [-0.3, -0.25) is 33.8 Å². The van der Waals surface area contributed by atoms with Crippen LogP contribution in [0.2, 0.25) is 0 Å². The summed E-state index contributed by atoms with van der Waals surface area (Å²) in [6.07, 6.45) is 2.82. The molecule has 4 aliphatic heterocycles. The lowest BCUT2D eigenvalue weighted by Gasteiger charge is -2.33. The maximum absolute atomic E-state index is 14.1. The van der Waals surface area contributed by atoms with Gasteiger partial charge in [-0.2, -0.15) is 0 Å². The van der Waals surface area contributed by atoms with Crippen LogP contribution in [0.5, 0.6) is 0 Å². The summed E-state index contributed by atoms with van der Waals surface area (Å²) in [5, 5.41) is 24.9. The highest BCUT2D eigenvalue weighted by atomic mass is 16.4. The second-order valence-electron chi connectivity index (χ2n) is 14.1. The molecule has 0 saturated carbocycles. The average molecular weight is 735 g/mol. The normalized spacial score (nSPS) is 25.3. The number of aliphatic hydroxyl groups is 1. The standard InChI is InChI=1S/C33H54N10O9/c1-18(38-26(45)21-9-5-15-41(21)31(50)25(34)19(2)44)28(47)40-14-4-10-22(40)27(46)39-20(8-3-13-37-33(35)36)29(48)42-16-6-11-23(42)30(49)43-17-7-12-24(43)32(51)52/h18-25,44H,3-17,34H2,1-2H3,(H,38,45)(H,39,46)(H,51,52)(H4,35,36,37). The Balaban J connectivity index is 1.43. The van der Waals surface area contributed by atoms with Gasteiger partial charge in [-0.1, -0.05) is 0 Å². The number of rotatable bonds is 14. The van der Waals surface area contributed by atoms with Crippen molar-refractivity contribution in [2.45, 2.75) is 126 Å². The molecule has 4 aliphatic rings. The molecule has 4 saturated heterocycles. The number of carbonyl (C=O) groups is 7. The van der Waals surface area contributed by atoms with E-state index >= 15 is 0 Å². The van der Waals surface area contributed by atoms with Crippen molar-refractivity contribution in [3.63, 3.8) is 0 Å². The number of hydrogen-bond acceptors (Lipinski definition) is 10.